The summed E-state index contributed by atoms with van der Waals surface area (Å²) >= 11 is 0. The molecule has 1 saturated heterocycles. The van der Waals surface area contributed by atoms with Gasteiger partial charge in [-0.2, -0.15) is 4.98 Å². The van der Waals surface area contributed by atoms with Gasteiger partial charge in [0.2, 0.25) is 5.89 Å². The third-order valence-corrected chi connectivity index (χ3v) is 4.43. The van der Waals surface area contributed by atoms with Crippen molar-refractivity contribution in [3.8, 4) is 0 Å². The van der Waals surface area contributed by atoms with E-state index < -0.39 is 0 Å². The van der Waals surface area contributed by atoms with Crippen LogP contribution in [0, 0.1) is 11.8 Å². The molecule has 4 heteroatoms. The van der Waals surface area contributed by atoms with Gasteiger partial charge in [0.05, 0.1) is 6.54 Å². The lowest BCUT2D eigenvalue weighted by atomic mass is 9.95. The first kappa shape index (κ1) is 15.5. The molecule has 2 rings (SSSR count). The van der Waals surface area contributed by atoms with Crippen molar-refractivity contribution in [2.45, 2.75) is 72.4 Å². The van der Waals surface area contributed by atoms with E-state index in [1.807, 2.05) is 0 Å². The average molecular weight is 279 g/mol. The van der Waals surface area contributed by atoms with Crippen LogP contribution in [-0.4, -0.2) is 27.6 Å². The van der Waals surface area contributed by atoms with Crippen molar-refractivity contribution in [1.29, 1.82) is 0 Å². The van der Waals surface area contributed by atoms with Gasteiger partial charge < -0.3 is 4.52 Å². The molecule has 1 aromatic heterocycles. The number of nitrogens with zero attached hydrogens (tertiary/aromatic N) is 3. The van der Waals surface area contributed by atoms with E-state index in [0.29, 0.717) is 17.9 Å². The van der Waals surface area contributed by atoms with Crippen LogP contribution in [0.4, 0.5) is 0 Å². The van der Waals surface area contributed by atoms with Gasteiger partial charge in [0.15, 0.2) is 5.82 Å². The van der Waals surface area contributed by atoms with Crippen LogP contribution in [0.25, 0.3) is 0 Å². The summed E-state index contributed by atoms with van der Waals surface area (Å²) < 4.78 is 5.33. The summed E-state index contributed by atoms with van der Waals surface area (Å²) in [6, 6.07) is 0.640. The van der Waals surface area contributed by atoms with E-state index in [0.717, 1.165) is 30.7 Å². The Bertz CT molecular complexity index is 414. The molecule has 0 aliphatic carbocycles. The number of rotatable bonds is 4. The monoisotopic (exact) mass is 279 g/mol. The SMILES string of the molecule is CC1CCC(C(C)C)N(Cc2noc(C(C)C)n2)CC1. The smallest absolute Gasteiger partial charge is 0.229 e. The number of likely N-dealkylation sites (tertiary alicyclic amines) is 1. The minimum atomic E-state index is 0.307. The Morgan fingerprint density at radius 1 is 1.20 bits per heavy atom. The topological polar surface area (TPSA) is 42.2 Å². The van der Waals surface area contributed by atoms with Crippen LogP contribution in [0.15, 0.2) is 4.52 Å². The molecule has 0 aromatic carbocycles. The largest absolute Gasteiger partial charge is 0.339 e. The Hall–Kier alpha value is -0.900. The highest BCUT2D eigenvalue weighted by Crippen LogP contribution is 2.27. The fraction of sp³-hybridized carbons (Fsp3) is 0.875. The molecule has 0 bridgehead atoms. The minimum absolute atomic E-state index is 0.307. The molecular formula is C16H29N3O. The molecule has 1 aromatic rings. The Labute approximate surface area is 122 Å². The van der Waals surface area contributed by atoms with Crippen molar-refractivity contribution in [1.82, 2.24) is 15.0 Å². The maximum absolute atomic E-state index is 5.33. The summed E-state index contributed by atoms with van der Waals surface area (Å²) in [4.78, 5) is 7.09. The Kier molecular flexibility index (Phi) is 5.19. The highest BCUT2D eigenvalue weighted by Gasteiger charge is 2.27. The molecular weight excluding hydrogens is 250 g/mol. The lowest BCUT2D eigenvalue weighted by Crippen LogP contribution is -2.38. The summed E-state index contributed by atoms with van der Waals surface area (Å²) in [7, 11) is 0. The molecule has 1 aliphatic heterocycles. The zero-order valence-electron chi connectivity index (χ0n) is 13.6. The first-order valence-corrected chi connectivity index (χ1v) is 8.04. The molecule has 0 radical (unpaired) electrons. The minimum Gasteiger partial charge on any atom is -0.339 e. The second kappa shape index (κ2) is 6.70. The first-order chi connectivity index (χ1) is 9.47. The number of hydrogen-bond acceptors (Lipinski definition) is 4. The van der Waals surface area contributed by atoms with Gasteiger partial charge in [0.1, 0.15) is 0 Å². The zero-order chi connectivity index (χ0) is 14.7. The zero-order valence-corrected chi connectivity index (χ0v) is 13.6. The number of hydrogen-bond donors (Lipinski definition) is 0. The molecule has 2 unspecified atom stereocenters. The molecule has 20 heavy (non-hydrogen) atoms. The van der Waals surface area contributed by atoms with E-state index in [4.69, 9.17) is 4.52 Å². The highest BCUT2D eigenvalue weighted by atomic mass is 16.5. The van der Waals surface area contributed by atoms with Crippen LogP contribution in [0.1, 0.15) is 71.5 Å². The molecule has 0 spiro atoms. The summed E-state index contributed by atoms with van der Waals surface area (Å²) in [5, 5.41) is 4.15. The molecule has 4 nitrogen and oxygen atoms in total. The van der Waals surface area contributed by atoms with Crippen molar-refractivity contribution in [3.63, 3.8) is 0 Å². The van der Waals surface area contributed by atoms with Crippen molar-refractivity contribution in [3.05, 3.63) is 11.7 Å². The van der Waals surface area contributed by atoms with Gasteiger partial charge in [-0.05, 0) is 37.6 Å². The van der Waals surface area contributed by atoms with Crippen molar-refractivity contribution >= 4 is 0 Å². The fourth-order valence-electron chi connectivity index (χ4n) is 3.03. The normalized spacial score (nSPS) is 25.4. The van der Waals surface area contributed by atoms with Gasteiger partial charge in [0.25, 0.3) is 0 Å². The van der Waals surface area contributed by atoms with Crippen LogP contribution in [-0.2, 0) is 6.54 Å². The Morgan fingerprint density at radius 3 is 2.55 bits per heavy atom. The van der Waals surface area contributed by atoms with Gasteiger partial charge in [-0.3, -0.25) is 4.90 Å². The molecule has 1 fully saturated rings. The van der Waals surface area contributed by atoms with Crippen LogP contribution < -0.4 is 0 Å². The Balaban J connectivity index is 2.06. The number of aromatic nitrogens is 2. The van der Waals surface area contributed by atoms with Gasteiger partial charge >= 0.3 is 0 Å². The first-order valence-electron chi connectivity index (χ1n) is 8.04. The molecule has 0 amide bonds. The lowest BCUT2D eigenvalue weighted by Gasteiger charge is -2.31. The summed E-state index contributed by atoms with van der Waals surface area (Å²) in [6.45, 7) is 13.2. The van der Waals surface area contributed by atoms with Gasteiger partial charge in [-0.1, -0.05) is 39.8 Å². The van der Waals surface area contributed by atoms with Crippen LogP contribution >= 0.6 is 0 Å². The van der Waals surface area contributed by atoms with Crippen molar-refractivity contribution in [2.24, 2.45) is 11.8 Å². The summed E-state index contributed by atoms with van der Waals surface area (Å²) in [5.41, 5.74) is 0. The Morgan fingerprint density at radius 2 is 1.95 bits per heavy atom. The quantitative estimate of drug-likeness (QED) is 0.840. The van der Waals surface area contributed by atoms with Crippen LogP contribution in [0.5, 0.6) is 0 Å². The summed E-state index contributed by atoms with van der Waals surface area (Å²) in [6.07, 6.45) is 3.90. The predicted molar refractivity (Wildman–Crippen MR) is 80.4 cm³/mol. The average Bonchev–Trinajstić information content (AvgIpc) is 2.76. The van der Waals surface area contributed by atoms with Crippen molar-refractivity contribution < 1.29 is 4.52 Å². The van der Waals surface area contributed by atoms with Gasteiger partial charge in [-0.25, -0.2) is 0 Å². The van der Waals surface area contributed by atoms with E-state index in [-0.39, 0.29) is 0 Å². The molecule has 0 N–H and O–H groups in total. The second-order valence-electron chi connectivity index (χ2n) is 6.96. The molecule has 2 heterocycles. The van der Waals surface area contributed by atoms with Gasteiger partial charge in [0, 0.05) is 12.0 Å². The van der Waals surface area contributed by atoms with E-state index in [9.17, 15) is 0 Å². The third-order valence-electron chi connectivity index (χ3n) is 4.43. The van der Waals surface area contributed by atoms with E-state index in [1.165, 1.54) is 19.3 Å². The van der Waals surface area contributed by atoms with Crippen molar-refractivity contribution in [2.75, 3.05) is 6.54 Å². The maximum atomic E-state index is 5.33. The lowest BCUT2D eigenvalue weighted by molar-refractivity contribution is 0.144. The molecule has 0 saturated carbocycles. The van der Waals surface area contributed by atoms with Crippen LogP contribution in [0.2, 0.25) is 0 Å². The highest BCUT2D eigenvalue weighted by molar-refractivity contribution is 4.92. The predicted octanol–water partition coefficient (Wildman–Crippen LogP) is 3.84. The second-order valence-corrected chi connectivity index (χ2v) is 6.96. The molecule has 114 valence electrons. The van der Waals surface area contributed by atoms with Gasteiger partial charge in [-0.15, -0.1) is 0 Å². The van der Waals surface area contributed by atoms with E-state index in [2.05, 4.69) is 49.7 Å². The fourth-order valence-corrected chi connectivity index (χ4v) is 3.03. The van der Waals surface area contributed by atoms with E-state index >= 15 is 0 Å². The standard InChI is InChI=1S/C16H29N3O/c1-11(2)14-7-6-13(5)8-9-19(14)10-15-17-16(12(3)4)20-18-15/h11-14H,6-10H2,1-5H3. The third kappa shape index (κ3) is 3.81. The molecule has 2 atom stereocenters. The van der Waals surface area contributed by atoms with E-state index in [1.54, 1.807) is 0 Å². The molecule has 1 aliphatic rings. The summed E-state index contributed by atoms with van der Waals surface area (Å²) in [5.74, 6) is 3.41. The maximum Gasteiger partial charge on any atom is 0.229 e. The van der Waals surface area contributed by atoms with Crippen LogP contribution in [0.3, 0.4) is 0 Å².